The molecule has 2 amide bonds. The molecule has 5 rings (SSSR count). The van der Waals surface area contributed by atoms with Crippen LogP contribution < -0.4 is 9.47 Å². The van der Waals surface area contributed by atoms with Gasteiger partial charge < -0.3 is 9.47 Å². The lowest BCUT2D eigenvalue weighted by molar-refractivity contribution is 0.0431. The summed E-state index contributed by atoms with van der Waals surface area (Å²) in [6, 6.07) is 14.1. The van der Waals surface area contributed by atoms with Crippen molar-refractivity contribution in [1.82, 2.24) is 4.90 Å². The maximum Gasteiger partial charge on any atom is 0.261 e. The number of carbonyl (C=O) groups excluding carboxylic acids is 2. The normalized spacial score (nSPS) is 16.6. The molecule has 1 atom stereocenters. The lowest BCUT2D eigenvalue weighted by Gasteiger charge is -2.30. The zero-order valence-electron chi connectivity index (χ0n) is 15.9. The van der Waals surface area contributed by atoms with E-state index in [1.54, 1.807) is 42.5 Å². The van der Waals surface area contributed by atoms with E-state index >= 15 is 0 Å². The quantitative estimate of drug-likeness (QED) is 0.446. The van der Waals surface area contributed by atoms with E-state index in [-0.39, 0.29) is 43.9 Å². The Morgan fingerprint density at radius 2 is 1.56 bits per heavy atom. The van der Waals surface area contributed by atoms with Gasteiger partial charge in [-0.2, -0.15) is 0 Å². The topological polar surface area (TPSA) is 55.8 Å². The summed E-state index contributed by atoms with van der Waals surface area (Å²) < 4.78 is 26.1. The molecule has 164 valence electrons. The zero-order chi connectivity index (χ0) is 21.7. The summed E-state index contributed by atoms with van der Waals surface area (Å²) in [4.78, 5) is 26.5. The highest BCUT2D eigenvalue weighted by Crippen LogP contribution is 2.46. The Hall–Kier alpha value is -3.09. The minimum absolute atomic E-state index is 0. The molecule has 2 aliphatic heterocycles. The number of benzene rings is 3. The lowest BCUT2D eigenvalue weighted by atomic mass is 10.0. The molecule has 0 N–H and O–H groups in total. The smallest absolute Gasteiger partial charge is 0.261 e. The monoisotopic (exact) mass is 473 g/mol. The molecule has 0 radical (unpaired) electrons. The van der Waals surface area contributed by atoms with Crippen LogP contribution in [0.2, 0.25) is 10.0 Å². The van der Waals surface area contributed by atoms with E-state index in [0.717, 1.165) is 4.90 Å². The average Bonchev–Trinajstić information content (AvgIpc) is 2.99. The molecule has 0 aliphatic carbocycles. The third kappa shape index (κ3) is 3.59. The second-order valence-electron chi connectivity index (χ2n) is 7.19. The van der Waals surface area contributed by atoms with Crippen molar-refractivity contribution in [2.45, 2.75) is 13.5 Å². The van der Waals surface area contributed by atoms with E-state index in [4.69, 9.17) is 32.7 Å². The van der Waals surface area contributed by atoms with Crippen molar-refractivity contribution in [3.05, 3.63) is 81.6 Å². The number of imide groups is 1. The second kappa shape index (κ2) is 8.45. The largest absolute Gasteiger partial charge is 0.486 e. The summed E-state index contributed by atoms with van der Waals surface area (Å²) in [5.41, 5.74) is 1.45. The predicted molar refractivity (Wildman–Crippen MR) is 120 cm³/mol. The van der Waals surface area contributed by atoms with Crippen molar-refractivity contribution < 1.29 is 23.5 Å². The van der Waals surface area contributed by atoms with E-state index in [0.29, 0.717) is 32.3 Å². The Morgan fingerprint density at radius 3 is 2.19 bits per heavy atom. The van der Waals surface area contributed by atoms with Crippen molar-refractivity contribution in [3.8, 4) is 22.6 Å². The van der Waals surface area contributed by atoms with Gasteiger partial charge >= 0.3 is 0 Å². The van der Waals surface area contributed by atoms with E-state index in [2.05, 4.69) is 0 Å². The van der Waals surface area contributed by atoms with E-state index in [1.165, 1.54) is 12.1 Å². The number of hydrogen-bond donors (Lipinski definition) is 0. The molecule has 0 saturated heterocycles. The molecule has 0 fully saturated rings. The highest BCUT2D eigenvalue weighted by Gasteiger charge is 2.38. The SMILES string of the molecule is C.O=C1c2ccccc2C(=O)N1C[C@H]1COc2cc(F)cc(-c3c(Cl)cccc3Cl)c2O1. The van der Waals surface area contributed by atoms with Crippen LogP contribution in [0.25, 0.3) is 11.1 Å². The van der Waals surface area contributed by atoms with Crippen molar-refractivity contribution in [1.29, 1.82) is 0 Å². The van der Waals surface area contributed by atoms with Gasteiger partial charge in [-0.3, -0.25) is 14.5 Å². The molecule has 3 aromatic rings. The molecular formula is C24H18Cl2FNO4. The zero-order valence-corrected chi connectivity index (χ0v) is 17.4. The summed E-state index contributed by atoms with van der Waals surface area (Å²) in [5.74, 6) is -0.854. The fourth-order valence-electron chi connectivity index (χ4n) is 3.82. The molecule has 0 saturated carbocycles. The summed E-state index contributed by atoms with van der Waals surface area (Å²) in [6.07, 6.45) is -0.653. The third-order valence-electron chi connectivity index (χ3n) is 5.23. The standard InChI is InChI=1S/C23H14Cl2FNO4.CH4/c24-17-6-3-7-18(25)20(17)16-8-12(26)9-19-21(16)31-13(11-30-19)10-27-22(28)14-4-1-2-5-15(14)23(27)29;/h1-9,13H,10-11H2;1H4/t13-;/m0./s1. The molecule has 0 aromatic heterocycles. The van der Waals surface area contributed by atoms with Gasteiger partial charge in [-0.15, -0.1) is 0 Å². The lowest BCUT2D eigenvalue weighted by Crippen LogP contribution is -2.43. The molecule has 8 heteroatoms. The summed E-state index contributed by atoms with van der Waals surface area (Å²) in [7, 11) is 0. The fraction of sp³-hybridized carbons (Fsp3) is 0.167. The Kier molecular flexibility index (Phi) is 5.84. The van der Waals surface area contributed by atoms with Crippen molar-refractivity contribution >= 4 is 35.0 Å². The molecule has 5 nitrogen and oxygen atoms in total. The van der Waals surface area contributed by atoms with Crippen molar-refractivity contribution in [2.75, 3.05) is 13.2 Å². The molecular weight excluding hydrogens is 456 g/mol. The van der Waals surface area contributed by atoms with E-state index in [9.17, 15) is 14.0 Å². The summed E-state index contributed by atoms with van der Waals surface area (Å²) >= 11 is 12.6. The number of fused-ring (bicyclic) bond motifs is 2. The molecule has 3 aromatic carbocycles. The number of carbonyl (C=O) groups is 2. The van der Waals surface area contributed by atoms with Gasteiger partial charge in [0, 0.05) is 17.2 Å². The van der Waals surface area contributed by atoms with Crippen molar-refractivity contribution in [2.24, 2.45) is 0 Å². The average molecular weight is 474 g/mol. The van der Waals surface area contributed by atoms with Crippen LogP contribution in [0.3, 0.4) is 0 Å². The summed E-state index contributed by atoms with van der Waals surface area (Å²) in [5, 5.41) is 0.651. The molecule has 2 heterocycles. The molecule has 32 heavy (non-hydrogen) atoms. The highest BCUT2D eigenvalue weighted by molar-refractivity contribution is 6.39. The first kappa shape index (κ1) is 22.1. The van der Waals surface area contributed by atoms with Crippen LogP contribution in [0.1, 0.15) is 28.1 Å². The first-order valence-electron chi connectivity index (χ1n) is 9.46. The first-order chi connectivity index (χ1) is 14.9. The minimum Gasteiger partial charge on any atom is -0.486 e. The van der Waals surface area contributed by atoms with E-state index < -0.39 is 11.9 Å². The first-order valence-corrected chi connectivity index (χ1v) is 10.2. The maximum absolute atomic E-state index is 14.3. The third-order valence-corrected chi connectivity index (χ3v) is 5.86. The second-order valence-corrected chi connectivity index (χ2v) is 8.01. The molecule has 0 bridgehead atoms. The van der Waals surface area contributed by atoms with Gasteiger partial charge in [-0.1, -0.05) is 48.8 Å². The predicted octanol–water partition coefficient (Wildman–Crippen LogP) is 5.87. The van der Waals surface area contributed by atoms with E-state index in [1.807, 2.05) is 0 Å². The van der Waals surface area contributed by atoms with Gasteiger partial charge in [0.05, 0.1) is 27.7 Å². The molecule has 0 unspecified atom stereocenters. The van der Waals surface area contributed by atoms with Crippen LogP contribution in [0, 0.1) is 5.82 Å². The minimum atomic E-state index is -0.653. The number of halogens is 3. The van der Waals surface area contributed by atoms with Crippen LogP contribution in [-0.4, -0.2) is 36.0 Å². The Balaban J connectivity index is 0.00000245. The van der Waals surface area contributed by atoms with Gasteiger partial charge in [-0.25, -0.2) is 4.39 Å². The van der Waals surface area contributed by atoms with Gasteiger partial charge in [0.1, 0.15) is 12.4 Å². The van der Waals surface area contributed by atoms with Gasteiger partial charge in [0.2, 0.25) is 0 Å². The van der Waals surface area contributed by atoms with Gasteiger partial charge in [0.25, 0.3) is 11.8 Å². The maximum atomic E-state index is 14.3. The number of amides is 2. The van der Waals surface area contributed by atoms with Crippen LogP contribution in [-0.2, 0) is 0 Å². The highest BCUT2D eigenvalue weighted by atomic mass is 35.5. The molecule has 2 aliphatic rings. The number of nitrogens with zero attached hydrogens (tertiary/aromatic N) is 1. The van der Waals surface area contributed by atoms with Crippen LogP contribution >= 0.6 is 23.2 Å². The summed E-state index contributed by atoms with van der Waals surface area (Å²) in [6.45, 7) is 0.0262. The Labute approximate surface area is 194 Å². The number of hydrogen-bond acceptors (Lipinski definition) is 4. The fourth-order valence-corrected chi connectivity index (χ4v) is 4.42. The van der Waals surface area contributed by atoms with Gasteiger partial charge in [-0.05, 0) is 30.3 Å². The Morgan fingerprint density at radius 1 is 0.938 bits per heavy atom. The molecule has 0 spiro atoms. The van der Waals surface area contributed by atoms with Crippen LogP contribution in [0.15, 0.2) is 54.6 Å². The number of rotatable bonds is 3. The van der Waals surface area contributed by atoms with Crippen LogP contribution in [0.4, 0.5) is 4.39 Å². The van der Waals surface area contributed by atoms with Gasteiger partial charge in [0.15, 0.2) is 17.6 Å². The number of ether oxygens (including phenoxy) is 2. The van der Waals surface area contributed by atoms with Crippen LogP contribution in [0.5, 0.6) is 11.5 Å². The Bertz CT molecular complexity index is 1190. The van der Waals surface area contributed by atoms with Crippen molar-refractivity contribution in [3.63, 3.8) is 0 Å².